The van der Waals surface area contributed by atoms with Crippen LogP contribution in [0.5, 0.6) is 0 Å². The average Bonchev–Trinajstić information content (AvgIpc) is 3.05. The maximum Gasteiger partial charge on any atom is 0.254 e. The number of para-hydroxylation sites is 1. The van der Waals surface area contributed by atoms with Crippen LogP contribution in [0.3, 0.4) is 0 Å². The van der Waals surface area contributed by atoms with Gasteiger partial charge in [0.05, 0.1) is 12.8 Å². The van der Waals surface area contributed by atoms with Crippen molar-refractivity contribution in [2.75, 3.05) is 13.6 Å². The summed E-state index contributed by atoms with van der Waals surface area (Å²) in [5, 5.41) is 5.00. The molecule has 1 amide bonds. The molecule has 5 heteroatoms. The number of amides is 1. The van der Waals surface area contributed by atoms with Gasteiger partial charge in [-0.3, -0.25) is 9.69 Å². The first-order valence-corrected chi connectivity index (χ1v) is 8.66. The van der Waals surface area contributed by atoms with Gasteiger partial charge in [-0.1, -0.05) is 48.5 Å². The third-order valence-corrected chi connectivity index (χ3v) is 4.35. The molecule has 134 valence electrons. The van der Waals surface area contributed by atoms with Gasteiger partial charge in [-0.25, -0.2) is 5.43 Å². The third-order valence-electron chi connectivity index (χ3n) is 4.35. The standard InChI is InChI=1S/C21H23N3O2/c1-16(12-17-8-4-3-5-9-17)24(2)15-21(25)23-22-14-19-13-18-10-6-7-11-20(18)26-19/h3-11,13-14,16H,12,15H2,1-2H3,(H,23,25)/b22-14+. The molecule has 0 aliphatic carbocycles. The van der Waals surface area contributed by atoms with E-state index in [4.69, 9.17) is 4.42 Å². The van der Waals surface area contributed by atoms with E-state index in [2.05, 4.69) is 29.6 Å². The maximum atomic E-state index is 12.1. The summed E-state index contributed by atoms with van der Waals surface area (Å²) in [6, 6.07) is 20.1. The number of hydrogen-bond donors (Lipinski definition) is 1. The molecule has 1 heterocycles. The van der Waals surface area contributed by atoms with Crippen molar-refractivity contribution in [2.45, 2.75) is 19.4 Å². The Balaban J connectivity index is 1.48. The van der Waals surface area contributed by atoms with Crippen molar-refractivity contribution in [3.63, 3.8) is 0 Å². The number of nitrogens with one attached hydrogen (secondary N) is 1. The largest absolute Gasteiger partial charge is 0.455 e. The van der Waals surface area contributed by atoms with Gasteiger partial charge in [-0.05, 0) is 38.1 Å². The van der Waals surface area contributed by atoms with E-state index in [0.29, 0.717) is 5.76 Å². The van der Waals surface area contributed by atoms with Gasteiger partial charge in [0.2, 0.25) is 0 Å². The Hall–Kier alpha value is -2.92. The van der Waals surface area contributed by atoms with Gasteiger partial charge in [0.1, 0.15) is 11.3 Å². The van der Waals surface area contributed by atoms with E-state index in [1.165, 1.54) is 11.8 Å². The quantitative estimate of drug-likeness (QED) is 0.525. The molecule has 0 spiro atoms. The minimum absolute atomic E-state index is 0.153. The highest BCUT2D eigenvalue weighted by molar-refractivity contribution is 5.87. The van der Waals surface area contributed by atoms with Crippen molar-refractivity contribution in [1.29, 1.82) is 0 Å². The van der Waals surface area contributed by atoms with Crippen LogP contribution in [0.25, 0.3) is 11.0 Å². The third kappa shape index (κ3) is 4.80. The van der Waals surface area contributed by atoms with Gasteiger partial charge in [0, 0.05) is 11.4 Å². The summed E-state index contributed by atoms with van der Waals surface area (Å²) >= 11 is 0. The SMILES string of the molecule is CC(Cc1ccccc1)N(C)CC(=O)N/N=C/c1cc2ccccc2o1. The first kappa shape index (κ1) is 17.9. The predicted octanol–water partition coefficient (Wildman–Crippen LogP) is 3.45. The molecule has 3 aromatic rings. The summed E-state index contributed by atoms with van der Waals surface area (Å²) in [7, 11) is 1.94. The molecular formula is C21H23N3O2. The van der Waals surface area contributed by atoms with Crippen LogP contribution in [0.15, 0.2) is 70.2 Å². The predicted molar refractivity (Wildman–Crippen MR) is 104 cm³/mol. The lowest BCUT2D eigenvalue weighted by Gasteiger charge is -2.23. The molecule has 2 aromatic carbocycles. The Bertz CT molecular complexity index is 853. The molecular weight excluding hydrogens is 326 g/mol. The van der Waals surface area contributed by atoms with Crippen molar-refractivity contribution < 1.29 is 9.21 Å². The van der Waals surface area contributed by atoms with Gasteiger partial charge in [0.15, 0.2) is 0 Å². The molecule has 1 unspecified atom stereocenters. The molecule has 0 aliphatic rings. The fourth-order valence-electron chi connectivity index (χ4n) is 2.76. The number of carbonyl (C=O) groups is 1. The number of likely N-dealkylation sites (N-methyl/N-ethyl adjacent to an activating group) is 1. The smallest absolute Gasteiger partial charge is 0.254 e. The zero-order valence-electron chi connectivity index (χ0n) is 15.1. The van der Waals surface area contributed by atoms with Crippen LogP contribution in [0.1, 0.15) is 18.2 Å². The summed E-state index contributed by atoms with van der Waals surface area (Å²) in [6.45, 7) is 2.39. The molecule has 0 saturated heterocycles. The number of hydrazone groups is 1. The minimum Gasteiger partial charge on any atom is -0.455 e. The van der Waals surface area contributed by atoms with E-state index in [0.717, 1.165) is 17.4 Å². The Morgan fingerprint density at radius 1 is 1.19 bits per heavy atom. The topological polar surface area (TPSA) is 57.8 Å². The molecule has 0 radical (unpaired) electrons. The van der Waals surface area contributed by atoms with Crippen molar-refractivity contribution in [1.82, 2.24) is 10.3 Å². The Kier molecular flexibility index (Phi) is 5.81. The average molecular weight is 349 g/mol. The zero-order valence-corrected chi connectivity index (χ0v) is 15.1. The van der Waals surface area contributed by atoms with Crippen LogP contribution >= 0.6 is 0 Å². The van der Waals surface area contributed by atoms with E-state index in [1.807, 2.05) is 60.5 Å². The minimum atomic E-state index is -0.153. The summed E-state index contributed by atoms with van der Waals surface area (Å²) < 4.78 is 5.62. The van der Waals surface area contributed by atoms with E-state index in [-0.39, 0.29) is 18.5 Å². The maximum absolute atomic E-state index is 12.1. The molecule has 3 rings (SSSR count). The highest BCUT2D eigenvalue weighted by Crippen LogP contribution is 2.17. The summed E-state index contributed by atoms with van der Waals surface area (Å²) in [6.07, 6.45) is 2.41. The van der Waals surface area contributed by atoms with Gasteiger partial charge >= 0.3 is 0 Å². The van der Waals surface area contributed by atoms with Gasteiger partial charge < -0.3 is 4.42 Å². The lowest BCUT2D eigenvalue weighted by atomic mass is 10.1. The number of fused-ring (bicyclic) bond motifs is 1. The number of nitrogens with zero attached hydrogens (tertiary/aromatic N) is 2. The monoisotopic (exact) mass is 349 g/mol. The Morgan fingerprint density at radius 2 is 1.92 bits per heavy atom. The van der Waals surface area contributed by atoms with Crippen LogP contribution in [-0.2, 0) is 11.2 Å². The molecule has 1 atom stereocenters. The first-order chi connectivity index (χ1) is 12.6. The van der Waals surface area contributed by atoms with Gasteiger partial charge in [-0.2, -0.15) is 5.10 Å². The number of carbonyl (C=O) groups excluding carboxylic acids is 1. The van der Waals surface area contributed by atoms with Crippen LogP contribution in [0.2, 0.25) is 0 Å². The normalized spacial score (nSPS) is 12.7. The molecule has 5 nitrogen and oxygen atoms in total. The molecule has 0 fully saturated rings. The van der Waals surface area contributed by atoms with Gasteiger partial charge in [0.25, 0.3) is 5.91 Å². The van der Waals surface area contributed by atoms with Crippen molar-refractivity contribution >= 4 is 23.1 Å². The van der Waals surface area contributed by atoms with Crippen LogP contribution in [-0.4, -0.2) is 36.7 Å². The molecule has 1 N–H and O–H groups in total. The summed E-state index contributed by atoms with van der Waals surface area (Å²) in [4.78, 5) is 14.1. The zero-order chi connectivity index (χ0) is 18.4. The van der Waals surface area contributed by atoms with Gasteiger partial charge in [-0.15, -0.1) is 0 Å². The molecule has 1 aromatic heterocycles. The van der Waals surface area contributed by atoms with E-state index >= 15 is 0 Å². The molecule has 0 bridgehead atoms. The molecule has 0 aliphatic heterocycles. The summed E-state index contributed by atoms with van der Waals surface area (Å²) in [5.74, 6) is 0.456. The fourth-order valence-corrected chi connectivity index (χ4v) is 2.76. The number of hydrogen-bond acceptors (Lipinski definition) is 4. The van der Waals surface area contributed by atoms with Crippen LogP contribution in [0.4, 0.5) is 0 Å². The second kappa shape index (κ2) is 8.45. The second-order valence-electron chi connectivity index (χ2n) is 6.43. The molecule has 26 heavy (non-hydrogen) atoms. The van der Waals surface area contributed by atoms with Crippen LogP contribution in [0, 0.1) is 0 Å². The van der Waals surface area contributed by atoms with E-state index in [1.54, 1.807) is 0 Å². The fraction of sp³-hybridized carbons (Fsp3) is 0.238. The summed E-state index contributed by atoms with van der Waals surface area (Å²) in [5.41, 5.74) is 4.61. The highest BCUT2D eigenvalue weighted by atomic mass is 16.3. The van der Waals surface area contributed by atoms with Crippen molar-refractivity contribution in [2.24, 2.45) is 5.10 Å². The molecule has 0 saturated carbocycles. The van der Waals surface area contributed by atoms with E-state index in [9.17, 15) is 4.79 Å². The van der Waals surface area contributed by atoms with Crippen LogP contribution < -0.4 is 5.43 Å². The van der Waals surface area contributed by atoms with E-state index < -0.39 is 0 Å². The lowest BCUT2D eigenvalue weighted by molar-refractivity contribution is -0.122. The second-order valence-corrected chi connectivity index (χ2v) is 6.43. The number of benzene rings is 2. The van der Waals surface area contributed by atoms with Crippen molar-refractivity contribution in [3.05, 3.63) is 72.0 Å². The number of furan rings is 1. The Morgan fingerprint density at radius 3 is 2.69 bits per heavy atom. The highest BCUT2D eigenvalue weighted by Gasteiger charge is 2.13. The first-order valence-electron chi connectivity index (χ1n) is 8.66. The number of rotatable bonds is 7. The van der Waals surface area contributed by atoms with Crippen molar-refractivity contribution in [3.8, 4) is 0 Å². The lowest BCUT2D eigenvalue weighted by Crippen LogP contribution is -2.39. The Labute approximate surface area is 153 Å².